The van der Waals surface area contributed by atoms with Gasteiger partial charge in [0.2, 0.25) is 17.7 Å². The van der Waals surface area contributed by atoms with Crippen LogP contribution in [0.1, 0.15) is 53.6 Å². The lowest BCUT2D eigenvalue weighted by atomic mass is 9.92. The molecule has 1 aliphatic heterocycles. The molecule has 0 aromatic heterocycles. The summed E-state index contributed by atoms with van der Waals surface area (Å²) in [6.07, 6.45) is 0.0942. The predicted octanol–water partition coefficient (Wildman–Crippen LogP) is 5.47. The Bertz CT molecular complexity index is 1550. The van der Waals surface area contributed by atoms with Gasteiger partial charge in [-0.25, -0.2) is 4.79 Å². The monoisotopic (exact) mass is 652 g/mol. The molecule has 0 aliphatic carbocycles. The van der Waals surface area contributed by atoms with E-state index in [2.05, 4.69) is 16.0 Å². The van der Waals surface area contributed by atoms with Crippen LogP contribution in [0.3, 0.4) is 0 Å². The highest BCUT2D eigenvalue weighted by Crippen LogP contribution is 2.27. The Balaban J connectivity index is 1.50. The van der Waals surface area contributed by atoms with E-state index in [1.807, 2.05) is 24.3 Å². The fourth-order valence-electron chi connectivity index (χ4n) is 5.16. The largest absolute Gasteiger partial charge is 0.465 e. The molecule has 4 rings (SSSR count). The minimum Gasteiger partial charge on any atom is -0.465 e. The van der Waals surface area contributed by atoms with Crippen molar-refractivity contribution in [2.75, 3.05) is 11.9 Å². The van der Waals surface area contributed by atoms with E-state index in [0.29, 0.717) is 29.1 Å². The number of fused-ring (bicyclic) bond motifs is 1. The summed E-state index contributed by atoms with van der Waals surface area (Å²) in [6, 6.07) is 19.0. The first-order chi connectivity index (χ1) is 21.6. The van der Waals surface area contributed by atoms with Gasteiger partial charge in [-0.3, -0.25) is 19.2 Å². The van der Waals surface area contributed by atoms with Crippen LogP contribution in [0.15, 0.2) is 72.8 Å². The molecule has 3 aromatic carbocycles. The van der Waals surface area contributed by atoms with Crippen LogP contribution in [-0.4, -0.2) is 58.2 Å². The number of ketones is 1. The number of hydrogen-bond acceptors (Lipinski definition) is 5. The van der Waals surface area contributed by atoms with Crippen LogP contribution in [0.5, 0.6) is 0 Å². The zero-order valence-electron chi connectivity index (χ0n) is 24.4. The minimum atomic E-state index is -1.15. The van der Waals surface area contributed by atoms with Gasteiger partial charge < -0.3 is 26.0 Å². The summed E-state index contributed by atoms with van der Waals surface area (Å²) in [4.78, 5) is 65.7. The van der Waals surface area contributed by atoms with Gasteiger partial charge >= 0.3 is 6.09 Å². The number of Topliss-reactive ketones (excluding diaryl/α,β-unsaturated/α-hetero) is 1. The highest BCUT2D eigenvalue weighted by Gasteiger charge is 2.36. The fraction of sp³-hybridized carbons (Fsp3) is 0.303. The summed E-state index contributed by atoms with van der Waals surface area (Å²) < 4.78 is 0. The second-order valence-electron chi connectivity index (χ2n) is 10.7. The summed E-state index contributed by atoms with van der Waals surface area (Å²) in [6.45, 7) is 0.376. The van der Waals surface area contributed by atoms with Crippen LogP contribution in [-0.2, 0) is 27.3 Å². The average molecular weight is 654 g/mol. The van der Waals surface area contributed by atoms with Gasteiger partial charge in [-0.1, -0.05) is 77.8 Å². The molecular formula is C33H34Cl2N4O6. The molecule has 2 atom stereocenters. The van der Waals surface area contributed by atoms with Crippen molar-refractivity contribution in [2.45, 2.75) is 57.2 Å². The van der Waals surface area contributed by atoms with E-state index in [-0.39, 0.29) is 55.5 Å². The molecule has 0 saturated carbocycles. The molecule has 10 nitrogen and oxygen atoms in total. The Hall–Kier alpha value is -4.41. The van der Waals surface area contributed by atoms with Crippen molar-refractivity contribution in [3.05, 3.63) is 99.5 Å². The van der Waals surface area contributed by atoms with Crippen LogP contribution < -0.4 is 16.0 Å². The first-order valence-electron chi connectivity index (χ1n) is 14.6. The number of nitrogens with zero attached hydrogens (tertiary/aromatic N) is 1. The molecule has 4 amide bonds. The van der Waals surface area contributed by atoms with E-state index in [1.54, 1.807) is 36.4 Å². The molecule has 0 fully saturated rings. The van der Waals surface area contributed by atoms with Crippen molar-refractivity contribution in [1.82, 2.24) is 15.5 Å². The fourth-order valence-corrected chi connectivity index (χ4v) is 5.46. The molecule has 1 heterocycles. The van der Waals surface area contributed by atoms with E-state index < -0.39 is 30.0 Å². The van der Waals surface area contributed by atoms with Gasteiger partial charge in [-0.2, -0.15) is 0 Å². The Labute approximate surface area is 271 Å². The van der Waals surface area contributed by atoms with Crippen molar-refractivity contribution >= 4 is 58.5 Å². The van der Waals surface area contributed by atoms with Gasteiger partial charge in [-0.15, -0.1) is 0 Å². The second-order valence-corrected chi connectivity index (χ2v) is 11.5. The number of unbranched alkanes of at least 4 members (excludes halogenated alkanes) is 1. The van der Waals surface area contributed by atoms with Crippen LogP contribution in [0.4, 0.5) is 10.5 Å². The third-order valence-electron chi connectivity index (χ3n) is 7.55. The lowest BCUT2D eigenvalue weighted by Crippen LogP contribution is -2.56. The van der Waals surface area contributed by atoms with Crippen molar-refractivity contribution < 1.29 is 29.1 Å². The normalized spacial score (nSPS) is 14.5. The molecule has 0 bridgehead atoms. The van der Waals surface area contributed by atoms with Gasteiger partial charge in [0.05, 0.1) is 10.0 Å². The molecule has 1 unspecified atom stereocenters. The Morgan fingerprint density at radius 1 is 0.867 bits per heavy atom. The smallest absolute Gasteiger partial charge is 0.404 e. The summed E-state index contributed by atoms with van der Waals surface area (Å²) in [7, 11) is 0. The summed E-state index contributed by atoms with van der Waals surface area (Å²) >= 11 is 12.1. The van der Waals surface area contributed by atoms with Crippen LogP contribution in [0.25, 0.3) is 0 Å². The number of carboxylic acid groups (broad SMARTS) is 1. The third kappa shape index (κ3) is 9.54. The van der Waals surface area contributed by atoms with Crippen molar-refractivity contribution in [2.24, 2.45) is 0 Å². The molecule has 236 valence electrons. The highest BCUT2D eigenvalue weighted by molar-refractivity contribution is 6.42. The zero-order valence-corrected chi connectivity index (χ0v) is 25.9. The predicted molar refractivity (Wildman–Crippen MR) is 171 cm³/mol. The Kier molecular flexibility index (Phi) is 11.9. The van der Waals surface area contributed by atoms with Gasteiger partial charge in [0, 0.05) is 43.6 Å². The first-order valence-corrected chi connectivity index (χ1v) is 15.4. The molecular weight excluding hydrogens is 619 g/mol. The lowest BCUT2D eigenvalue weighted by molar-refractivity contribution is -0.142. The van der Waals surface area contributed by atoms with Crippen molar-refractivity contribution in [3.63, 3.8) is 0 Å². The molecule has 3 aromatic rings. The third-order valence-corrected chi connectivity index (χ3v) is 8.29. The van der Waals surface area contributed by atoms with Gasteiger partial charge in [0.1, 0.15) is 12.1 Å². The molecule has 12 heteroatoms. The molecule has 0 radical (unpaired) electrons. The molecule has 4 N–H and O–H groups in total. The molecule has 1 aliphatic rings. The van der Waals surface area contributed by atoms with E-state index in [0.717, 1.165) is 11.1 Å². The lowest BCUT2D eigenvalue weighted by Gasteiger charge is -2.37. The summed E-state index contributed by atoms with van der Waals surface area (Å²) in [5.74, 6) is -1.52. The van der Waals surface area contributed by atoms with Gasteiger partial charge in [0.15, 0.2) is 5.78 Å². The van der Waals surface area contributed by atoms with Gasteiger partial charge in [-0.05, 0) is 48.6 Å². The minimum absolute atomic E-state index is 0.00556. The van der Waals surface area contributed by atoms with Crippen LogP contribution in [0.2, 0.25) is 10.0 Å². The number of rotatable bonds is 13. The quantitative estimate of drug-likeness (QED) is 0.142. The number of carbonyl (C=O) groups is 5. The zero-order chi connectivity index (χ0) is 32.3. The SMILES string of the molecule is O=C(O)NCCCCC(NC(=O)[C@@H]1Cc2ccccc2CN1C(=O)CCC(=O)c1ccccc1)C(=O)Nc1ccc(Cl)c(Cl)c1. The van der Waals surface area contributed by atoms with Crippen molar-refractivity contribution in [3.8, 4) is 0 Å². The maximum Gasteiger partial charge on any atom is 0.404 e. The molecule has 0 spiro atoms. The average Bonchev–Trinajstić information content (AvgIpc) is 3.04. The van der Waals surface area contributed by atoms with E-state index >= 15 is 0 Å². The summed E-state index contributed by atoms with van der Waals surface area (Å²) in [5.41, 5.74) is 2.72. The Morgan fingerprint density at radius 3 is 2.29 bits per heavy atom. The van der Waals surface area contributed by atoms with E-state index in [1.165, 1.54) is 17.0 Å². The molecule has 0 saturated heterocycles. The standard InChI is InChI=1S/C33H34Cl2N4O6/c34-25-14-13-24(19-26(25)35)37-31(42)27(12-6-7-17-36-33(44)45)38-32(43)28-18-22-10-4-5-11-23(22)20-39(28)30(41)16-15-29(40)21-8-2-1-3-9-21/h1-5,8-11,13-14,19,27-28,36H,6-7,12,15-18,20H2,(H,37,42)(H,38,43)(H,44,45)/t27?,28-/m0/s1. The number of nitrogens with one attached hydrogen (secondary N) is 3. The van der Waals surface area contributed by atoms with Crippen molar-refractivity contribution in [1.29, 1.82) is 0 Å². The first kappa shape index (κ1) is 33.5. The molecule has 45 heavy (non-hydrogen) atoms. The number of amides is 4. The van der Waals surface area contributed by atoms with E-state index in [4.69, 9.17) is 28.3 Å². The maximum atomic E-state index is 13.8. The summed E-state index contributed by atoms with van der Waals surface area (Å²) in [5, 5.41) is 17.3. The number of carbonyl (C=O) groups excluding carboxylic acids is 4. The maximum absolute atomic E-state index is 13.8. The number of halogens is 2. The number of hydrogen-bond donors (Lipinski definition) is 4. The topological polar surface area (TPSA) is 145 Å². The highest BCUT2D eigenvalue weighted by atomic mass is 35.5. The second kappa shape index (κ2) is 16.1. The van der Waals surface area contributed by atoms with Crippen LogP contribution >= 0.6 is 23.2 Å². The number of benzene rings is 3. The van der Waals surface area contributed by atoms with Gasteiger partial charge in [0.25, 0.3) is 0 Å². The van der Waals surface area contributed by atoms with E-state index in [9.17, 15) is 24.0 Å². The van der Waals surface area contributed by atoms with Crippen LogP contribution in [0, 0.1) is 0 Å². The number of anilines is 1. The Morgan fingerprint density at radius 2 is 1.58 bits per heavy atom.